The van der Waals surface area contributed by atoms with Gasteiger partial charge in [-0.3, -0.25) is 9.59 Å². The van der Waals surface area contributed by atoms with Crippen LogP contribution in [0.25, 0.3) is 10.6 Å². The van der Waals surface area contributed by atoms with E-state index in [4.69, 9.17) is 5.11 Å². The van der Waals surface area contributed by atoms with Gasteiger partial charge in [0, 0.05) is 5.56 Å². The minimum atomic E-state index is -1.07. The highest BCUT2D eigenvalue weighted by Crippen LogP contribution is 2.27. The monoisotopic (exact) mass is 290 g/mol. The number of aliphatic carboxylic acids is 1. The molecule has 0 aliphatic heterocycles. The van der Waals surface area contributed by atoms with Gasteiger partial charge in [-0.2, -0.15) is 0 Å². The summed E-state index contributed by atoms with van der Waals surface area (Å²) in [5, 5.41) is 12.0. The molecule has 1 heterocycles. The number of benzene rings is 1. The second-order valence-electron chi connectivity index (χ2n) is 4.33. The summed E-state index contributed by atoms with van der Waals surface area (Å²) < 4.78 is 0. The smallest absolute Gasteiger partial charge is 0.325 e. The summed E-state index contributed by atoms with van der Waals surface area (Å²) in [7, 11) is 0. The zero-order valence-electron chi connectivity index (χ0n) is 11.1. The molecule has 0 aliphatic rings. The number of hydrogen-bond acceptors (Lipinski definition) is 4. The lowest BCUT2D eigenvalue weighted by atomic mass is 10.2. The van der Waals surface area contributed by atoms with Crippen LogP contribution in [-0.2, 0) is 4.79 Å². The van der Waals surface area contributed by atoms with Crippen LogP contribution >= 0.6 is 11.3 Å². The molecule has 0 aliphatic carbocycles. The Balaban J connectivity index is 2.24. The summed E-state index contributed by atoms with van der Waals surface area (Å²) in [5.41, 5.74) is 1.54. The van der Waals surface area contributed by atoms with E-state index in [2.05, 4.69) is 10.3 Å². The average molecular weight is 290 g/mol. The fraction of sp³-hybridized carbons (Fsp3) is 0.214. The number of carboxylic acids is 1. The van der Waals surface area contributed by atoms with Crippen molar-refractivity contribution in [2.75, 3.05) is 0 Å². The molecule has 5 nitrogen and oxygen atoms in total. The molecule has 1 aromatic carbocycles. The van der Waals surface area contributed by atoms with E-state index < -0.39 is 17.9 Å². The predicted octanol–water partition coefficient (Wildman–Crippen LogP) is 2.32. The molecule has 1 aromatic heterocycles. The van der Waals surface area contributed by atoms with Gasteiger partial charge in [-0.15, -0.1) is 11.3 Å². The van der Waals surface area contributed by atoms with Crippen molar-refractivity contribution >= 4 is 23.2 Å². The molecule has 104 valence electrons. The molecule has 0 radical (unpaired) electrons. The molecule has 2 rings (SSSR count). The summed E-state index contributed by atoms with van der Waals surface area (Å²) in [6, 6.07) is 8.62. The maximum atomic E-state index is 12.0. The third kappa shape index (κ3) is 3.03. The van der Waals surface area contributed by atoms with E-state index in [1.807, 2.05) is 30.3 Å². The summed E-state index contributed by atoms with van der Waals surface area (Å²) in [6.45, 7) is 3.16. The Labute approximate surface area is 120 Å². The number of rotatable bonds is 4. The number of nitrogens with zero attached hydrogens (tertiary/aromatic N) is 1. The molecule has 20 heavy (non-hydrogen) atoms. The molecule has 0 bridgehead atoms. The Morgan fingerprint density at radius 1 is 1.30 bits per heavy atom. The lowest BCUT2D eigenvalue weighted by Crippen LogP contribution is -2.38. The Morgan fingerprint density at radius 3 is 2.55 bits per heavy atom. The molecule has 0 saturated heterocycles. The SMILES string of the molecule is Cc1nc(-c2ccccc2)sc1C(=O)N[C@@H](C)C(=O)O. The third-order valence-corrected chi connectivity index (χ3v) is 3.95. The normalized spacial score (nSPS) is 11.9. The Kier molecular flexibility index (Phi) is 4.14. The van der Waals surface area contributed by atoms with Crippen LogP contribution in [0.2, 0.25) is 0 Å². The van der Waals surface area contributed by atoms with Gasteiger partial charge in [-0.1, -0.05) is 30.3 Å². The van der Waals surface area contributed by atoms with Crippen LogP contribution < -0.4 is 5.32 Å². The van der Waals surface area contributed by atoms with Crippen LogP contribution in [-0.4, -0.2) is 28.0 Å². The van der Waals surface area contributed by atoms with E-state index in [1.54, 1.807) is 6.92 Å². The average Bonchev–Trinajstić information content (AvgIpc) is 2.81. The fourth-order valence-corrected chi connectivity index (χ4v) is 2.61. The number of carbonyl (C=O) groups excluding carboxylic acids is 1. The van der Waals surface area contributed by atoms with Gasteiger partial charge < -0.3 is 10.4 Å². The highest BCUT2D eigenvalue weighted by molar-refractivity contribution is 7.17. The first-order valence-corrected chi connectivity index (χ1v) is 6.87. The highest BCUT2D eigenvalue weighted by atomic mass is 32.1. The van der Waals surface area contributed by atoms with Gasteiger partial charge in [0.15, 0.2) is 0 Å². The summed E-state index contributed by atoms with van der Waals surface area (Å²) in [5.74, 6) is -1.47. The van der Waals surface area contributed by atoms with Crippen molar-refractivity contribution in [1.82, 2.24) is 10.3 Å². The molecule has 6 heteroatoms. The number of carbonyl (C=O) groups is 2. The Morgan fingerprint density at radius 2 is 1.95 bits per heavy atom. The van der Waals surface area contributed by atoms with E-state index in [-0.39, 0.29) is 0 Å². The zero-order valence-corrected chi connectivity index (χ0v) is 11.9. The van der Waals surface area contributed by atoms with Crippen molar-refractivity contribution in [2.45, 2.75) is 19.9 Å². The summed E-state index contributed by atoms with van der Waals surface area (Å²) in [6.07, 6.45) is 0. The Bertz CT molecular complexity index is 637. The second-order valence-corrected chi connectivity index (χ2v) is 5.33. The molecule has 2 aromatic rings. The topological polar surface area (TPSA) is 79.3 Å². The van der Waals surface area contributed by atoms with Crippen molar-refractivity contribution in [3.05, 3.63) is 40.9 Å². The van der Waals surface area contributed by atoms with E-state index in [1.165, 1.54) is 18.3 Å². The molecule has 2 N–H and O–H groups in total. The number of carboxylic acid groups (broad SMARTS) is 1. The number of amides is 1. The fourth-order valence-electron chi connectivity index (χ4n) is 1.64. The first-order valence-electron chi connectivity index (χ1n) is 6.05. The van der Waals surface area contributed by atoms with E-state index in [9.17, 15) is 9.59 Å². The summed E-state index contributed by atoms with van der Waals surface area (Å²) >= 11 is 1.26. The Hall–Kier alpha value is -2.21. The van der Waals surface area contributed by atoms with E-state index in [0.29, 0.717) is 10.6 Å². The molecule has 0 saturated carbocycles. The molecule has 0 spiro atoms. The molecule has 1 atom stereocenters. The number of thiazole rings is 1. The van der Waals surface area contributed by atoms with Crippen molar-refractivity contribution < 1.29 is 14.7 Å². The maximum Gasteiger partial charge on any atom is 0.325 e. The highest BCUT2D eigenvalue weighted by Gasteiger charge is 2.20. The molecular formula is C14H14N2O3S. The van der Waals surface area contributed by atoms with Crippen molar-refractivity contribution in [2.24, 2.45) is 0 Å². The van der Waals surface area contributed by atoms with Gasteiger partial charge in [0.25, 0.3) is 5.91 Å². The first kappa shape index (κ1) is 14.2. The van der Waals surface area contributed by atoms with E-state index in [0.717, 1.165) is 10.6 Å². The lowest BCUT2D eigenvalue weighted by molar-refractivity contribution is -0.138. The number of hydrogen-bond donors (Lipinski definition) is 2. The molecule has 0 fully saturated rings. The summed E-state index contributed by atoms with van der Waals surface area (Å²) in [4.78, 5) is 27.6. The van der Waals surface area contributed by atoms with E-state index >= 15 is 0 Å². The number of aryl methyl sites for hydroxylation is 1. The van der Waals surface area contributed by atoms with Crippen LogP contribution in [0, 0.1) is 6.92 Å². The van der Waals surface area contributed by atoms with Gasteiger partial charge in [-0.25, -0.2) is 4.98 Å². The molecular weight excluding hydrogens is 276 g/mol. The predicted molar refractivity (Wildman–Crippen MR) is 76.9 cm³/mol. The van der Waals surface area contributed by atoms with Gasteiger partial charge in [0.1, 0.15) is 15.9 Å². The minimum absolute atomic E-state index is 0.405. The number of nitrogens with one attached hydrogen (secondary N) is 1. The van der Waals surface area contributed by atoms with Gasteiger partial charge in [0.2, 0.25) is 0 Å². The van der Waals surface area contributed by atoms with Gasteiger partial charge in [0.05, 0.1) is 5.69 Å². The second kappa shape index (κ2) is 5.83. The number of aromatic nitrogens is 1. The van der Waals surface area contributed by atoms with Crippen molar-refractivity contribution in [3.8, 4) is 10.6 Å². The van der Waals surface area contributed by atoms with Crippen LogP contribution in [0.15, 0.2) is 30.3 Å². The van der Waals surface area contributed by atoms with Crippen LogP contribution in [0.3, 0.4) is 0 Å². The van der Waals surface area contributed by atoms with Crippen molar-refractivity contribution in [1.29, 1.82) is 0 Å². The minimum Gasteiger partial charge on any atom is -0.480 e. The van der Waals surface area contributed by atoms with Crippen LogP contribution in [0.1, 0.15) is 22.3 Å². The van der Waals surface area contributed by atoms with Crippen LogP contribution in [0.4, 0.5) is 0 Å². The largest absolute Gasteiger partial charge is 0.480 e. The lowest BCUT2D eigenvalue weighted by Gasteiger charge is -2.07. The van der Waals surface area contributed by atoms with Crippen LogP contribution in [0.5, 0.6) is 0 Å². The standard InChI is InChI=1S/C14H14N2O3S/c1-8-11(12(17)15-9(2)14(18)19)20-13(16-8)10-6-4-3-5-7-10/h3-7,9H,1-2H3,(H,15,17)(H,18,19)/t9-/m0/s1. The maximum absolute atomic E-state index is 12.0. The van der Waals surface area contributed by atoms with Crippen molar-refractivity contribution in [3.63, 3.8) is 0 Å². The van der Waals surface area contributed by atoms with Gasteiger partial charge >= 0.3 is 5.97 Å². The quantitative estimate of drug-likeness (QED) is 0.905. The third-order valence-electron chi connectivity index (χ3n) is 2.74. The molecule has 1 amide bonds. The zero-order chi connectivity index (χ0) is 14.7. The van der Waals surface area contributed by atoms with Gasteiger partial charge in [-0.05, 0) is 13.8 Å². The first-order chi connectivity index (χ1) is 9.49. The molecule has 0 unspecified atom stereocenters.